The quantitative estimate of drug-likeness (QED) is 0.264. The maximum absolute atomic E-state index is 14.9. The topological polar surface area (TPSA) is 123 Å². The van der Waals surface area contributed by atoms with Gasteiger partial charge in [0.25, 0.3) is 5.91 Å². The van der Waals surface area contributed by atoms with Gasteiger partial charge in [-0.05, 0) is 51.5 Å². The Kier molecular flexibility index (Phi) is 8.97. The van der Waals surface area contributed by atoms with Crippen molar-refractivity contribution >= 4 is 45.5 Å². The highest BCUT2D eigenvalue weighted by Gasteiger charge is 2.33. The zero-order chi connectivity index (χ0) is 34.3. The molecule has 2 atom stereocenters. The van der Waals surface area contributed by atoms with Gasteiger partial charge in [0.05, 0.1) is 42.1 Å². The lowest BCUT2D eigenvalue weighted by Crippen LogP contribution is -2.54. The smallest absolute Gasteiger partial charge is 0.407 e. The minimum atomic E-state index is -1.30. The molecule has 0 spiro atoms. The molecular weight excluding hydrogens is 617 g/mol. The Morgan fingerprint density at radius 1 is 1.08 bits per heavy atom. The van der Waals surface area contributed by atoms with Gasteiger partial charge in [0.2, 0.25) is 5.91 Å². The highest BCUT2D eigenvalue weighted by atomic mass is 19.1. The van der Waals surface area contributed by atoms with Gasteiger partial charge in [-0.2, -0.15) is 0 Å². The van der Waals surface area contributed by atoms with Crippen LogP contribution in [0.4, 0.5) is 14.9 Å². The van der Waals surface area contributed by atoms with E-state index in [-0.39, 0.29) is 31.3 Å². The molecule has 6 rings (SSSR count). The number of likely N-dealkylation sites (tertiary alicyclic amines) is 1. The van der Waals surface area contributed by atoms with Crippen molar-refractivity contribution in [3.63, 3.8) is 0 Å². The molecule has 0 saturated carbocycles. The van der Waals surface area contributed by atoms with Crippen LogP contribution in [-0.2, 0) is 23.1 Å². The Morgan fingerprint density at radius 3 is 2.60 bits per heavy atom. The summed E-state index contributed by atoms with van der Waals surface area (Å²) in [7, 11) is 3.49. The summed E-state index contributed by atoms with van der Waals surface area (Å²) in [4.78, 5) is 46.3. The number of methoxy groups -OCH3 is 1. The van der Waals surface area contributed by atoms with Gasteiger partial charge in [-0.3, -0.25) is 9.59 Å². The maximum atomic E-state index is 14.9. The first-order valence-electron chi connectivity index (χ1n) is 16.4. The molecule has 0 aliphatic carbocycles. The summed E-state index contributed by atoms with van der Waals surface area (Å²) in [5.74, 6) is 0.825. The van der Waals surface area contributed by atoms with E-state index in [1.54, 1.807) is 40.0 Å². The summed E-state index contributed by atoms with van der Waals surface area (Å²) < 4.78 is 30.3. The molecule has 12 nitrogen and oxygen atoms in total. The van der Waals surface area contributed by atoms with Crippen molar-refractivity contribution in [1.29, 1.82) is 0 Å². The first-order chi connectivity index (χ1) is 22.8. The number of hydrogen-bond acceptors (Lipinski definition) is 7. The van der Waals surface area contributed by atoms with Crippen molar-refractivity contribution in [3.8, 4) is 17.3 Å². The maximum Gasteiger partial charge on any atom is 0.407 e. The number of fused-ring (bicyclic) bond motifs is 1. The monoisotopic (exact) mass is 661 g/mol. The zero-order valence-corrected chi connectivity index (χ0v) is 28.4. The molecule has 4 aromatic rings. The normalized spacial score (nSPS) is 17.9. The van der Waals surface area contributed by atoms with Crippen molar-refractivity contribution in [2.24, 2.45) is 7.05 Å². The number of aromatic nitrogens is 3. The SMILES string of the molecule is COc1cc(C(=O)N2C[C@H](F)C[C@@H](NC(=O)OC(C)(C)C)C2)cc2nc(-c3cc4cccc5c4n3CCN5CCCNC(C)=O)n(C)c12. The van der Waals surface area contributed by atoms with Crippen molar-refractivity contribution in [3.05, 3.63) is 42.0 Å². The number of imidazole rings is 1. The number of anilines is 1. The van der Waals surface area contributed by atoms with E-state index in [9.17, 15) is 18.8 Å². The number of ether oxygens (including phenoxy) is 2. The van der Waals surface area contributed by atoms with Gasteiger partial charge in [-0.1, -0.05) is 12.1 Å². The van der Waals surface area contributed by atoms with E-state index in [0.29, 0.717) is 23.4 Å². The van der Waals surface area contributed by atoms with Crippen LogP contribution < -0.4 is 20.3 Å². The molecule has 0 unspecified atom stereocenters. The molecule has 1 fully saturated rings. The van der Waals surface area contributed by atoms with Crippen LogP contribution in [0.3, 0.4) is 0 Å². The first-order valence-corrected chi connectivity index (χ1v) is 16.4. The van der Waals surface area contributed by atoms with Gasteiger partial charge < -0.3 is 39.0 Å². The minimum absolute atomic E-state index is 0.0223. The number of halogens is 1. The number of alkyl halides is 1. The predicted octanol–water partition coefficient (Wildman–Crippen LogP) is 4.63. The fourth-order valence-electron chi connectivity index (χ4n) is 6.87. The van der Waals surface area contributed by atoms with E-state index in [4.69, 9.17) is 14.5 Å². The summed E-state index contributed by atoms with van der Waals surface area (Å²) in [6, 6.07) is 11.2. The Morgan fingerprint density at radius 2 is 1.88 bits per heavy atom. The number of nitrogens with zero attached hydrogens (tertiary/aromatic N) is 5. The van der Waals surface area contributed by atoms with Crippen molar-refractivity contribution in [2.45, 2.75) is 64.9 Å². The van der Waals surface area contributed by atoms with Crippen LogP contribution in [-0.4, -0.2) is 94.6 Å². The van der Waals surface area contributed by atoms with Gasteiger partial charge in [0.1, 0.15) is 23.0 Å². The van der Waals surface area contributed by atoms with E-state index < -0.39 is 23.9 Å². The largest absolute Gasteiger partial charge is 0.494 e. The Balaban J connectivity index is 1.29. The van der Waals surface area contributed by atoms with E-state index in [0.717, 1.165) is 59.7 Å². The number of rotatable bonds is 8. The molecule has 2 aliphatic rings. The fourth-order valence-corrected chi connectivity index (χ4v) is 6.87. The summed E-state index contributed by atoms with van der Waals surface area (Å²) in [6.07, 6.45) is -0.996. The minimum Gasteiger partial charge on any atom is -0.494 e. The average molecular weight is 662 g/mol. The van der Waals surface area contributed by atoms with Crippen LogP contribution >= 0.6 is 0 Å². The van der Waals surface area contributed by atoms with E-state index in [1.165, 1.54) is 11.8 Å². The van der Waals surface area contributed by atoms with E-state index >= 15 is 0 Å². The molecule has 3 amide bonds. The van der Waals surface area contributed by atoms with Crippen molar-refractivity contribution in [2.75, 3.05) is 44.7 Å². The Hall–Kier alpha value is -4.81. The second-order valence-corrected chi connectivity index (χ2v) is 13.6. The van der Waals surface area contributed by atoms with Gasteiger partial charge in [0.15, 0.2) is 5.82 Å². The molecule has 4 heterocycles. The number of carbonyl (C=O) groups is 3. The Labute approximate surface area is 279 Å². The second kappa shape index (κ2) is 13.0. The molecule has 2 aromatic heterocycles. The molecule has 48 heavy (non-hydrogen) atoms. The number of nitrogens with one attached hydrogen (secondary N) is 2. The third kappa shape index (κ3) is 6.63. The molecule has 2 aliphatic heterocycles. The number of aryl methyl sites for hydroxylation is 1. The van der Waals surface area contributed by atoms with Crippen LogP contribution in [0.2, 0.25) is 0 Å². The van der Waals surface area contributed by atoms with Crippen LogP contribution in [0.25, 0.3) is 33.5 Å². The predicted molar refractivity (Wildman–Crippen MR) is 182 cm³/mol. The summed E-state index contributed by atoms with van der Waals surface area (Å²) in [6.45, 7) is 9.92. The zero-order valence-electron chi connectivity index (χ0n) is 28.4. The molecule has 13 heteroatoms. The highest BCUT2D eigenvalue weighted by Crippen LogP contribution is 2.39. The summed E-state index contributed by atoms with van der Waals surface area (Å²) >= 11 is 0. The van der Waals surface area contributed by atoms with Crippen LogP contribution in [0.15, 0.2) is 36.4 Å². The first kappa shape index (κ1) is 33.1. The number of amides is 3. The lowest BCUT2D eigenvalue weighted by molar-refractivity contribution is -0.118. The average Bonchev–Trinajstić information content (AvgIpc) is 3.56. The molecule has 2 N–H and O–H groups in total. The number of alkyl carbamates (subject to hydrolysis) is 1. The fraction of sp³-hybridized carbons (Fsp3) is 0.486. The number of hydrogen-bond donors (Lipinski definition) is 2. The molecule has 1 saturated heterocycles. The van der Waals surface area contributed by atoms with Crippen LogP contribution in [0.5, 0.6) is 5.75 Å². The van der Waals surface area contributed by atoms with Gasteiger partial charge in [0, 0.05) is 64.1 Å². The van der Waals surface area contributed by atoms with E-state index in [2.05, 4.69) is 44.4 Å². The Bertz CT molecular complexity index is 1880. The number of carbonyl (C=O) groups excluding carboxylic acids is 3. The second-order valence-electron chi connectivity index (χ2n) is 13.6. The molecule has 0 radical (unpaired) electrons. The van der Waals surface area contributed by atoms with Gasteiger partial charge >= 0.3 is 6.09 Å². The standard InChI is InChI=1S/C35H44FN7O5/c1-21(44)37-11-8-12-41-13-14-43-28(16-22-9-7-10-27(41)30(22)43)32-39-26-15-23(17-29(47-6)31(26)40(32)5)33(45)42-19-24(36)18-25(20-42)38-34(46)48-35(2,3)4/h7,9-10,15-17,24-25H,8,11-14,18-20H2,1-6H3,(H,37,44)(H,38,46)/t24-,25-/m1/s1. The molecule has 256 valence electrons. The molecule has 2 aromatic carbocycles. The number of piperidine rings is 1. The summed E-state index contributed by atoms with van der Waals surface area (Å²) in [5, 5.41) is 6.70. The number of para-hydroxylation sites is 1. The lowest BCUT2D eigenvalue weighted by Gasteiger charge is -2.35. The lowest BCUT2D eigenvalue weighted by atomic mass is 10.0. The summed E-state index contributed by atoms with van der Waals surface area (Å²) in [5.41, 5.74) is 4.19. The van der Waals surface area contributed by atoms with Gasteiger partial charge in [-0.15, -0.1) is 0 Å². The van der Waals surface area contributed by atoms with Crippen molar-refractivity contribution < 1.29 is 28.2 Å². The van der Waals surface area contributed by atoms with Gasteiger partial charge in [-0.25, -0.2) is 14.2 Å². The van der Waals surface area contributed by atoms with Crippen molar-refractivity contribution in [1.82, 2.24) is 29.7 Å². The van der Waals surface area contributed by atoms with Crippen LogP contribution in [0.1, 0.15) is 50.9 Å². The van der Waals surface area contributed by atoms with E-state index in [1.807, 2.05) is 11.6 Å². The molecular formula is C35H44FN7O5. The highest BCUT2D eigenvalue weighted by molar-refractivity contribution is 6.01. The number of benzene rings is 2. The molecule has 0 bridgehead atoms. The van der Waals surface area contributed by atoms with Crippen LogP contribution in [0, 0.1) is 0 Å². The third-order valence-electron chi connectivity index (χ3n) is 8.85. The third-order valence-corrected chi connectivity index (χ3v) is 8.85.